The van der Waals surface area contributed by atoms with Crippen molar-refractivity contribution in [2.24, 2.45) is 23.0 Å². The summed E-state index contributed by atoms with van der Waals surface area (Å²) in [5.41, 5.74) is 3.92. The predicted octanol–water partition coefficient (Wildman–Crippen LogP) is 2.05. The molecule has 2 aliphatic rings. The van der Waals surface area contributed by atoms with Gasteiger partial charge in [-0.3, -0.25) is 14.4 Å². The highest BCUT2D eigenvalue weighted by Crippen LogP contribution is 2.42. The number of Topliss-reactive ketones (excluding diaryl/α,β-unsaturated/α-hetero) is 1. The Morgan fingerprint density at radius 3 is 2.31 bits per heavy atom. The van der Waals surface area contributed by atoms with E-state index in [0.29, 0.717) is 38.1 Å². The van der Waals surface area contributed by atoms with Gasteiger partial charge in [0.2, 0.25) is 5.91 Å². The molecule has 8 nitrogen and oxygen atoms in total. The van der Waals surface area contributed by atoms with Crippen LogP contribution in [0.15, 0.2) is 0 Å². The summed E-state index contributed by atoms with van der Waals surface area (Å²) in [7, 11) is 0. The summed E-state index contributed by atoms with van der Waals surface area (Å²) in [4.78, 5) is 49.4. The molecule has 0 radical (unpaired) electrons. The lowest BCUT2D eigenvalue weighted by Gasteiger charge is -2.38. The molecule has 2 saturated carbocycles. The molecule has 164 valence electrons. The van der Waals surface area contributed by atoms with Crippen molar-refractivity contribution in [3.63, 3.8) is 0 Å². The zero-order valence-corrected chi connectivity index (χ0v) is 17.6. The third-order valence-corrected chi connectivity index (χ3v) is 6.34. The van der Waals surface area contributed by atoms with Gasteiger partial charge in [0.15, 0.2) is 5.78 Å². The number of urea groups is 1. The number of esters is 1. The lowest BCUT2D eigenvalue weighted by atomic mass is 9.67. The van der Waals surface area contributed by atoms with E-state index >= 15 is 0 Å². The van der Waals surface area contributed by atoms with E-state index in [1.807, 2.05) is 0 Å². The molecule has 0 aromatic carbocycles. The number of carbonyl (C=O) groups is 4. The molecule has 0 spiro atoms. The molecule has 0 aromatic heterocycles. The number of carbonyl (C=O) groups excluding carboxylic acids is 4. The predicted molar refractivity (Wildman–Crippen MR) is 108 cm³/mol. The summed E-state index contributed by atoms with van der Waals surface area (Å²) in [5.74, 6) is -0.332. The smallest absolute Gasteiger partial charge is 0.321 e. The van der Waals surface area contributed by atoms with Gasteiger partial charge in [-0.15, -0.1) is 0 Å². The van der Waals surface area contributed by atoms with E-state index in [-0.39, 0.29) is 18.3 Å². The van der Waals surface area contributed by atoms with Crippen molar-refractivity contribution in [1.82, 2.24) is 10.6 Å². The minimum atomic E-state index is -1.17. The second-order valence-electron chi connectivity index (χ2n) is 8.47. The Bertz CT molecular complexity index is 609. The van der Waals surface area contributed by atoms with E-state index in [4.69, 9.17) is 10.5 Å². The fraction of sp³-hybridized carbons (Fsp3) is 0.810. The SMILES string of the molecule is CCOC(=O)C1(C(=O)N[C@@H](CCCNC(N)=O)C(=O)C2CCC(C)CC2)CCC1. The first-order valence-electron chi connectivity index (χ1n) is 10.9. The molecule has 2 rings (SSSR count). The second-order valence-corrected chi connectivity index (χ2v) is 8.47. The molecule has 2 fully saturated rings. The molecule has 0 saturated heterocycles. The van der Waals surface area contributed by atoms with Gasteiger partial charge < -0.3 is 21.1 Å². The van der Waals surface area contributed by atoms with Crippen LogP contribution in [0.1, 0.15) is 71.6 Å². The van der Waals surface area contributed by atoms with Crippen molar-refractivity contribution in [3.05, 3.63) is 0 Å². The normalized spacial score (nSPS) is 23.9. The zero-order valence-electron chi connectivity index (χ0n) is 17.6. The van der Waals surface area contributed by atoms with Gasteiger partial charge in [-0.1, -0.05) is 26.2 Å². The minimum absolute atomic E-state index is 0.0302. The van der Waals surface area contributed by atoms with Crippen molar-refractivity contribution >= 4 is 23.7 Å². The van der Waals surface area contributed by atoms with Gasteiger partial charge >= 0.3 is 12.0 Å². The Morgan fingerprint density at radius 1 is 1.14 bits per heavy atom. The van der Waals surface area contributed by atoms with Gasteiger partial charge in [-0.25, -0.2) is 4.79 Å². The molecular weight excluding hydrogens is 374 g/mol. The van der Waals surface area contributed by atoms with Crippen molar-refractivity contribution in [1.29, 1.82) is 0 Å². The van der Waals surface area contributed by atoms with Crippen LogP contribution >= 0.6 is 0 Å². The minimum Gasteiger partial charge on any atom is -0.465 e. The van der Waals surface area contributed by atoms with Gasteiger partial charge in [0, 0.05) is 12.5 Å². The Kier molecular flexibility index (Phi) is 8.46. The van der Waals surface area contributed by atoms with Crippen LogP contribution in [-0.2, 0) is 19.1 Å². The maximum absolute atomic E-state index is 13.2. The van der Waals surface area contributed by atoms with Crippen LogP contribution in [-0.4, -0.2) is 42.9 Å². The topological polar surface area (TPSA) is 128 Å². The molecule has 2 aliphatic carbocycles. The van der Waals surface area contributed by atoms with Gasteiger partial charge in [0.05, 0.1) is 12.6 Å². The first-order valence-corrected chi connectivity index (χ1v) is 10.9. The lowest BCUT2D eigenvalue weighted by molar-refractivity contribution is -0.167. The van der Waals surface area contributed by atoms with Crippen LogP contribution in [0, 0.1) is 17.3 Å². The standard InChI is InChI=1S/C21H35N3O5/c1-3-29-19(27)21(11-5-12-21)18(26)24-16(6-4-13-23-20(22)28)17(25)15-9-7-14(2)8-10-15/h14-16H,3-13H2,1-2H3,(H,24,26)(H3,22,23,28)/t14?,15?,16-/m0/s1. The summed E-state index contributed by atoms with van der Waals surface area (Å²) >= 11 is 0. The van der Waals surface area contributed by atoms with Gasteiger partial charge in [-0.2, -0.15) is 0 Å². The summed E-state index contributed by atoms with van der Waals surface area (Å²) in [5, 5.41) is 5.37. The highest BCUT2D eigenvalue weighted by molar-refractivity contribution is 6.05. The van der Waals surface area contributed by atoms with Crippen molar-refractivity contribution in [3.8, 4) is 0 Å². The fourth-order valence-electron chi connectivity index (χ4n) is 4.25. The van der Waals surface area contributed by atoms with Gasteiger partial charge in [0.1, 0.15) is 5.41 Å². The summed E-state index contributed by atoms with van der Waals surface area (Å²) in [6.45, 7) is 4.45. The van der Waals surface area contributed by atoms with E-state index < -0.39 is 29.4 Å². The Labute approximate surface area is 172 Å². The molecule has 0 bridgehead atoms. The average molecular weight is 410 g/mol. The number of nitrogens with two attached hydrogens (primary N) is 1. The number of hydrogen-bond donors (Lipinski definition) is 3. The number of primary amides is 1. The zero-order chi connectivity index (χ0) is 21.4. The third kappa shape index (κ3) is 5.93. The Morgan fingerprint density at radius 2 is 1.79 bits per heavy atom. The largest absolute Gasteiger partial charge is 0.465 e. The van der Waals surface area contributed by atoms with Crippen molar-refractivity contribution < 1.29 is 23.9 Å². The number of rotatable bonds is 10. The molecule has 8 heteroatoms. The highest BCUT2D eigenvalue weighted by atomic mass is 16.5. The highest BCUT2D eigenvalue weighted by Gasteiger charge is 2.53. The molecule has 3 amide bonds. The fourth-order valence-corrected chi connectivity index (χ4v) is 4.25. The van der Waals surface area contributed by atoms with Crippen molar-refractivity contribution in [2.75, 3.05) is 13.2 Å². The van der Waals surface area contributed by atoms with E-state index in [0.717, 1.165) is 32.1 Å². The van der Waals surface area contributed by atoms with Crippen LogP contribution in [0.25, 0.3) is 0 Å². The molecule has 0 aliphatic heterocycles. The maximum atomic E-state index is 13.2. The molecule has 0 unspecified atom stereocenters. The summed E-state index contributed by atoms with van der Waals surface area (Å²) in [6, 6.07) is -1.28. The number of hydrogen-bond acceptors (Lipinski definition) is 5. The molecule has 4 N–H and O–H groups in total. The van der Waals surface area contributed by atoms with Crippen LogP contribution < -0.4 is 16.4 Å². The first-order chi connectivity index (χ1) is 13.8. The molecule has 0 aromatic rings. The van der Waals surface area contributed by atoms with E-state index in [9.17, 15) is 19.2 Å². The van der Waals surface area contributed by atoms with E-state index in [1.165, 1.54) is 0 Å². The number of nitrogens with one attached hydrogen (secondary N) is 2. The van der Waals surface area contributed by atoms with Crippen LogP contribution in [0.4, 0.5) is 4.79 Å². The summed E-state index contributed by atoms with van der Waals surface area (Å²) < 4.78 is 5.12. The van der Waals surface area contributed by atoms with Crippen LogP contribution in [0.2, 0.25) is 0 Å². The monoisotopic (exact) mass is 409 g/mol. The summed E-state index contributed by atoms with van der Waals surface area (Å²) in [6.07, 6.45) is 6.26. The third-order valence-electron chi connectivity index (χ3n) is 6.34. The molecule has 0 heterocycles. The molecular formula is C21H35N3O5. The van der Waals surface area contributed by atoms with Crippen LogP contribution in [0.5, 0.6) is 0 Å². The first kappa shape index (κ1) is 23.2. The average Bonchev–Trinajstić information content (AvgIpc) is 2.63. The van der Waals surface area contributed by atoms with Crippen molar-refractivity contribution in [2.45, 2.75) is 77.7 Å². The van der Waals surface area contributed by atoms with Gasteiger partial charge in [-0.05, 0) is 51.4 Å². The van der Waals surface area contributed by atoms with E-state index in [2.05, 4.69) is 17.6 Å². The Balaban J connectivity index is 2.05. The quantitative estimate of drug-likeness (QED) is 0.289. The van der Waals surface area contributed by atoms with E-state index in [1.54, 1.807) is 6.92 Å². The van der Waals surface area contributed by atoms with Crippen LogP contribution in [0.3, 0.4) is 0 Å². The second kappa shape index (κ2) is 10.6. The number of amides is 3. The maximum Gasteiger partial charge on any atom is 0.321 e. The van der Waals surface area contributed by atoms with Gasteiger partial charge in [0.25, 0.3) is 0 Å². The molecule has 29 heavy (non-hydrogen) atoms. The number of ether oxygens (including phenoxy) is 1. The molecule has 1 atom stereocenters. The lowest BCUT2D eigenvalue weighted by Crippen LogP contribution is -2.56. The number of ketones is 1. The Hall–Kier alpha value is -2.12.